The third-order valence-electron chi connectivity index (χ3n) is 2.57. The Morgan fingerprint density at radius 3 is 2.58 bits per heavy atom. The van der Waals surface area contributed by atoms with Gasteiger partial charge in [-0.1, -0.05) is 19.4 Å². The second kappa shape index (κ2) is 6.56. The molecule has 0 aromatic heterocycles. The van der Waals surface area contributed by atoms with Crippen LogP contribution in [0.1, 0.15) is 31.7 Å². The van der Waals surface area contributed by atoms with E-state index in [0.717, 1.165) is 24.7 Å². The van der Waals surface area contributed by atoms with Crippen molar-refractivity contribution in [2.45, 2.75) is 33.1 Å². The Morgan fingerprint density at radius 2 is 2.00 bits per heavy atom. The second-order valence-electron chi connectivity index (χ2n) is 4.56. The van der Waals surface area contributed by atoms with Gasteiger partial charge in [0.1, 0.15) is 0 Å². The molecular formula is C13H20N2O3S. The number of hydrogen-bond acceptors (Lipinski definition) is 3. The highest BCUT2D eigenvalue weighted by molar-refractivity contribution is 7.92. The highest BCUT2D eigenvalue weighted by Gasteiger charge is 2.07. The maximum absolute atomic E-state index is 11.6. The average molecular weight is 284 g/mol. The van der Waals surface area contributed by atoms with Crippen LogP contribution >= 0.6 is 0 Å². The number of rotatable bonds is 6. The molecule has 106 valence electrons. The number of benzene rings is 1. The van der Waals surface area contributed by atoms with Gasteiger partial charge in [-0.3, -0.25) is 9.52 Å². The SMILES string of the molecule is CCCCC(=O)Nc1ccc(C)c(NS(C)(=O)=O)c1. The molecule has 19 heavy (non-hydrogen) atoms. The molecule has 0 aliphatic rings. The molecule has 5 nitrogen and oxygen atoms in total. The summed E-state index contributed by atoms with van der Waals surface area (Å²) >= 11 is 0. The van der Waals surface area contributed by atoms with Gasteiger partial charge in [0.15, 0.2) is 0 Å². The lowest BCUT2D eigenvalue weighted by molar-refractivity contribution is -0.116. The topological polar surface area (TPSA) is 75.3 Å². The zero-order chi connectivity index (χ0) is 14.5. The number of amides is 1. The minimum Gasteiger partial charge on any atom is -0.326 e. The Hall–Kier alpha value is -1.56. The number of hydrogen-bond donors (Lipinski definition) is 2. The van der Waals surface area contributed by atoms with Gasteiger partial charge < -0.3 is 5.32 Å². The maximum atomic E-state index is 11.6. The molecule has 6 heteroatoms. The number of anilines is 2. The number of carbonyl (C=O) groups excluding carboxylic acids is 1. The zero-order valence-corrected chi connectivity index (χ0v) is 12.3. The first-order valence-electron chi connectivity index (χ1n) is 6.20. The molecule has 1 aromatic rings. The summed E-state index contributed by atoms with van der Waals surface area (Å²) in [6.45, 7) is 3.82. The van der Waals surface area contributed by atoms with Crippen LogP contribution in [0.3, 0.4) is 0 Å². The van der Waals surface area contributed by atoms with Crippen molar-refractivity contribution in [3.05, 3.63) is 23.8 Å². The predicted octanol–water partition coefficient (Wildman–Crippen LogP) is 2.50. The normalized spacial score (nSPS) is 11.1. The van der Waals surface area contributed by atoms with Crippen molar-refractivity contribution in [1.82, 2.24) is 0 Å². The lowest BCUT2D eigenvalue weighted by Gasteiger charge is -2.11. The fraction of sp³-hybridized carbons (Fsp3) is 0.462. The summed E-state index contributed by atoms with van der Waals surface area (Å²) in [6, 6.07) is 5.15. The van der Waals surface area contributed by atoms with Crippen LogP contribution in [0, 0.1) is 6.92 Å². The summed E-state index contributed by atoms with van der Waals surface area (Å²) in [5.74, 6) is -0.0593. The molecule has 0 unspecified atom stereocenters. The molecule has 0 saturated carbocycles. The largest absolute Gasteiger partial charge is 0.326 e. The quantitative estimate of drug-likeness (QED) is 0.842. The van der Waals surface area contributed by atoms with Crippen molar-refractivity contribution in [1.29, 1.82) is 0 Å². The van der Waals surface area contributed by atoms with Crippen LogP contribution in [0.15, 0.2) is 18.2 Å². The van der Waals surface area contributed by atoms with Gasteiger partial charge in [0, 0.05) is 12.1 Å². The van der Waals surface area contributed by atoms with Crippen LogP contribution in [0.4, 0.5) is 11.4 Å². The molecule has 2 N–H and O–H groups in total. The molecule has 1 aromatic carbocycles. The first-order chi connectivity index (χ1) is 8.81. The van der Waals surface area contributed by atoms with Gasteiger partial charge in [0.25, 0.3) is 0 Å². The van der Waals surface area contributed by atoms with Gasteiger partial charge in [-0.2, -0.15) is 0 Å². The van der Waals surface area contributed by atoms with Crippen molar-refractivity contribution in [3.63, 3.8) is 0 Å². The molecule has 1 rings (SSSR count). The highest BCUT2D eigenvalue weighted by Crippen LogP contribution is 2.21. The summed E-state index contributed by atoms with van der Waals surface area (Å²) in [5.41, 5.74) is 1.88. The van der Waals surface area contributed by atoms with Gasteiger partial charge in [-0.05, 0) is 31.0 Å². The van der Waals surface area contributed by atoms with E-state index in [2.05, 4.69) is 10.0 Å². The molecule has 0 heterocycles. The molecule has 0 aliphatic heterocycles. The van der Waals surface area contributed by atoms with Crippen LogP contribution < -0.4 is 10.0 Å². The van der Waals surface area contributed by atoms with E-state index < -0.39 is 10.0 Å². The molecule has 0 atom stereocenters. The fourth-order valence-corrected chi connectivity index (χ4v) is 2.19. The Kier molecular flexibility index (Phi) is 5.35. The van der Waals surface area contributed by atoms with Crippen LogP contribution in [-0.2, 0) is 14.8 Å². The van der Waals surface area contributed by atoms with Gasteiger partial charge in [0.05, 0.1) is 11.9 Å². The standard InChI is InChI=1S/C13H20N2O3S/c1-4-5-6-13(16)14-11-8-7-10(2)12(9-11)15-19(3,17)18/h7-9,15H,4-6H2,1-3H3,(H,14,16). The summed E-state index contributed by atoms with van der Waals surface area (Å²) in [5, 5.41) is 2.76. The van der Waals surface area contributed by atoms with Crippen molar-refractivity contribution in [2.24, 2.45) is 0 Å². The monoisotopic (exact) mass is 284 g/mol. The fourth-order valence-electron chi connectivity index (χ4n) is 1.57. The van der Waals surface area contributed by atoms with E-state index >= 15 is 0 Å². The summed E-state index contributed by atoms with van der Waals surface area (Å²) in [7, 11) is -3.32. The molecule has 0 aliphatic carbocycles. The van der Waals surface area contributed by atoms with E-state index in [1.807, 2.05) is 6.92 Å². The number of sulfonamides is 1. The van der Waals surface area contributed by atoms with Crippen LogP contribution in [0.2, 0.25) is 0 Å². The van der Waals surface area contributed by atoms with Crippen LogP contribution in [0.5, 0.6) is 0 Å². The molecule has 0 spiro atoms. The minimum atomic E-state index is -3.32. The number of aryl methyl sites for hydroxylation is 1. The van der Waals surface area contributed by atoms with Crippen molar-refractivity contribution in [3.8, 4) is 0 Å². The van der Waals surface area contributed by atoms with E-state index in [4.69, 9.17) is 0 Å². The van der Waals surface area contributed by atoms with Crippen LogP contribution in [-0.4, -0.2) is 20.6 Å². The Bertz CT molecular complexity index is 553. The van der Waals surface area contributed by atoms with E-state index in [9.17, 15) is 13.2 Å². The molecule has 0 fully saturated rings. The zero-order valence-electron chi connectivity index (χ0n) is 11.5. The third-order valence-corrected chi connectivity index (χ3v) is 3.16. The first kappa shape index (κ1) is 15.5. The van der Waals surface area contributed by atoms with Crippen molar-refractivity contribution in [2.75, 3.05) is 16.3 Å². The summed E-state index contributed by atoms with van der Waals surface area (Å²) < 4.78 is 24.9. The molecular weight excluding hydrogens is 264 g/mol. The Labute approximate surface area is 114 Å². The minimum absolute atomic E-state index is 0.0593. The first-order valence-corrected chi connectivity index (χ1v) is 8.09. The van der Waals surface area contributed by atoms with Gasteiger partial charge in [-0.25, -0.2) is 8.42 Å². The lowest BCUT2D eigenvalue weighted by atomic mass is 10.2. The Balaban J connectivity index is 2.81. The van der Waals surface area contributed by atoms with Gasteiger partial charge in [-0.15, -0.1) is 0 Å². The molecule has 0 saturated heterocycles. The maximum Gasteiger partial charge on any atom is 0.229 e. The van der Waals surface area contributed by atoms with E-state index in [1.54, 1.807) is 25.1 Å². The van der Waals surface area contributed by atoms with Gasteiger partial charge in [0.2, 0.25) is 15.9 Å². The van der Waals surface area contributed by atoms with E-state index in [1.165, 1.54) is 0 Å². The van der Waals surface area contributed by atoms with Crippen molar-refractivity contribution < 1.29 is 13.2 Å². The van der Waals surface area contributed by atoms with Crippen molar-refractivity contribution >= 4 is 27.3 Å². The number of carbonyl (C=O) groups is 1. The second-order valence-corrected chi connectivity index (χ2v) is 6.30. The number of unbranched alkanes of at least 4 members (excludes halogenated alkanes) is 1. The molecule has 1 amide bonds. The smallest absolute Gasteiger partial charge is 0.229 e. The Morgan fingerprint density at radius 1 is 1.32 bits per heavy atom. The number of nitrogens with one attached hydrogen (secondary N) is 2. The molecule has 0 radical (unpaired) electrons. The van der Waals surface area contributed by atoms with E-state index in [-0.39, 0.29) is 5.91 Å². The highest BCUT2D eigenvalue weighted by atomic mass is 32.2. The third kappa shape index (κ3) is 5.74. The van der Waals surface area contributed by atoms with E-state index in [0.29, 0.717) is 17.8 Å². The average Bonchev–Trinajstić information content (AvgIpc) is 2.29. The summed E-state index contributed by atoms with van der Waals surface area (Å²) in [4.78, 5) is 11.6. The predicted molar refractivity (Wildman–Crippen MR) is 77.8 cm³/mol. The van der Waals surface area contributed by atoms with Crippen LogP contribution in [0.25, 0.3) is 0 Å². The van der Waals surface area contributed by atoms with Gasteiger partial charge >= 0.3 is 0 Å². The molecule has 0 bridgehead atoms. The summed E-state index contributed by atoms with van der Waals surface area (Å²) in [6.07, 6.45) is 3.37. The lowest BCUT2D eigenvalue weighted by Crippen LogP contribution is -2.13.